The average molecular weight is 412 g/mol. The highest BCUT2D eigenvalue weighted by Gasteiger charge is 2.25. The maximum absolute atomic E-state index is 12.5. The van der Waals surface area contributed by atoms with Crippen LogP contribution in [0.2, 0.25) is 5.02 Å². The summed E-state index contributed by atoms with van der Waals surface area (Å²) < 4.78 is 2.40. The summed E-state index contributed by atoms with van der Waals surface area (Å²) in [5, 5.41) is 5.07. The molecule has 1 aromatic heterocycles. The van der Waals surface area contributed by atoms with E-state index in [-0.39, 0.29) is 5.91 Å². The van der Waals surface area contributed by atoms with Gasteiger partial charge in [0.05, 0.1) is 4.47 Å². The fourth-order valence-corrected chi connectivity index (χ4v) is 3.68. The number of hydrogen-bond donors (Lipinski definition) is 0. The number of benzene rings is 1. The molecule has 0 bridgehead atoms. The number of hydrogen-bond acceptors (Lipinski definition) is 3. The van der Waals surface area contributed by atoms with Crippen LogP contribution < -0.4 is 0 Å². The van der Waals surface area contributed by atoms with Gasteiger partial charge in [0.2, 0.25) is 0 Å². The van der Waals surface area contributed by atoms with Gasteiger partial charge in [-0.15, -0.1) is 0 Å². The van der Waals surface area contributed by atoms with E-state index in [0.29, 0.717) is 5.69 Å². The fourth-order valence-electron chi connectivity index (χ4n) is 2.91. The second-order valence-electron chi connectivity index (χ2n) is 5.97. The minimum Gasteiger partial charge on any atom is -0.335 e. The van der Waals surface area contributed by atoms with Gasteiger partial charge in [0.25, 0.3) is 5.91 Å². The monoisotopic (exact) mass is 410 g/mol. The van der Waals surface area contributed by atoms with Crippen molar-refractivity contribution in [2.24, 2.45) is 7.05 Å². The molecule has 0 spiro atoms. The van der Waals surface area contributed by atoms with Crippen LogP contribution >= 0.6 is 27.5 Å². The third kappa shape index (κ3) is 3.99. The molecule has 7 heteroatoms. The second-order valence-corrected chi connectivity index (χ2v) is 7.24. The minimum atomic E-state index is -0.00627. The molecule has 1 aliphatic rings. The van der Waals surface area contributed by atoms with Crippen LogP contribution in [0.4, 0.5) is 0 Å². The molecule has 2 heterocycles. The lowest BCUT2D eigenvalue weighted by Crippen LogP contribution is -2.49. The summed E-state index contributed by atoms with van der Waals surface area (Å²) in [7, 11) is 1.81. The van der Waals surface area contributed by atoms with Crippen molar-refractivity contribution in [1.29, 1.82) is 0 Å². The molecule has 5 nitrogen and oxygen atoms in total. The van der Waals surface area contributed by atoms with Crippen LogP contribution in [0.15, 0.2) is 34.9 Å². The zero-order chi connectivity index (χ0) is 17.1. The van der Waals surface area contributed by atoms with Crippen molar-refractivity contribution in [3.63, 3.8) is 0 Å². The molecule has 2 aromatic rings. The molecule has 0 saturated carbocycles. The Balaban J connectivity index is 1.51. The summed E-state index contributed by atoms with van der Waals surface area (Å²) in [6, 6.07) is 7.97. The molecule has 128 valence electrons. The molecule has 1 saturated heterocycles. The lowest BCUT2D eigenvalue weighted by Gasteiger charge is -2.34. The van der Waals surface area contributed by atoms with Crippen LogP contribution in [0.1, 0.15) is 16.1 Å². The van der Waals surface area contributed by atoms with Gasteiger partial charge in [0.1, 0.15) is 0 Å². The van der Waals surface area contributed by atoms with Gasteiger partial charge in [-0.1, -0.05) is 29.8 Å². The number of carbonyl (C=O) groups is 1. The fraction of sp³-hybridized carbons (Fsp3) is 0.412. The van der Waals surface area contributed by atoms with E-state index in [2.05, 4.69) is 32.0 Å². The Kier molecular flexibility index (Phi) is 5.58. The van der Waals surface area contributed by atoms with E-state index < -0.39 is 0 Å². The highest BCUT2D eigenvalue weighted by molar-refractivity contribution is 9.10. The predicted octanol–water partition coefficient (Wildman–Crippen LogP) is 2.84. The third-order valence-corrected chi connectivity index (χ3v) is 5.25. The van der Waals surface area contributed by atoms with Crippen LogP contribution in [0, 0.1) is 0 Å². The first-order valence-corrected chi connectivity index (χ1v) is 9.16. The molecular formula is C17H20BrClN4O. The molecule has 24 heavy (non-hydrogen) atoms. The van der Waals surface area contributed by atoms with E-state index in [1.54, 1.807) is 10.9 Å². The Morgan fingerprint density at radius 2 is 1.96 bits per heavy atom. The SMILES string of the molecule is Cn1cc(Br)c(C(=O)N2CCN(CCc3ccccc3Cl)CC2)n1. The predicted molar refractivity (Wildman–Crippen MR) is 98.4 cm³/mol. The molecule has 1 fully saturated rings. The van der Waals surface area contributed by atoms with Gasteiger partial charge < -0.3 is 4.90 Å². The van der Waals surface area contributed by atoms with Crippen molar-refractivity contribution in [3.8, 4) is 0 Å². The maximum Gasteiger partial charge on any atom is 0.275 e. The zero-order valence-corrected chi connectivity index (χ0v) is 15.9. The number of carbonyl (C=O) groups excluding carboxylic acids is 1. The molecule has 0 radical (unpaired) electrons. The highest BCUT2D eigenvalue weighted by Crippen LogP contribution is 2.18. The summed E-state index contributed by atoms with van der Waals surface area (Å²) in [4.78, 5) is 16.8. The first-order chi connectivity index (χ1) is 11.5. The van der Waals surface area contributed by atoms with E-state index in [1.807, 2.05) is 30.1 Å². The number of aryl methyl sites for hydroxylation is 1. The number of nitrogens with zero attached hydrogens (tertiary/aromatic N) is 4. The normalized spacial score (nSPS) is 15.7. The van der Waals surface area contributed by atoms with Crippen LogP contribution in [0.5, 0.6) is 0 Å². The first kappa shape index (κ1) is 17.5. The molecular weight excluding hydrogens is 392 g/mol. The van der Waals surface area contributed by atoms with E-state index in [1.165, 1.54) is 5.56 Å². The standard InChI is InChI=1S/C17H20BrClN4O/c1-21-12-14(18)16(20-21)17(24)23-10-8-22(9-11-23)7-6-13-4-2-3-5-15(13)19/h2-5,12H,6-11H2,1H3. The Hall–Kier alpha value is -1.37. The van der Waals surface area contributed by atoms with Gasteiger partial charge in [0.15, 0.2) is 5.69 Å². The Morgan fingerprint density at radius 1 is 1.25 bits per heavy atom. The first-order valence-electron chi connectivity index (χ1n) is 7.99. The van der Waals surface area contributed by atoms with E-state index in [9.17, 15) is 4.79 Å². The van der Waals surface area contributed by atoms with Gasteiger partial charge in [-0.25, -0.2) is 0 Å². The van der Waals surface area contributed by atoms with Gasteiger partial charge in [0, 0.05) is 51.0 Å². The van der Waals surface area contributed by atoms with Gasteiger partial charge >= 0.3 is 0 Å². The van der Waals surface area contributed by atoms with Crippen molar-refractivity contribution in [3.05, 3.63) is 51.2 Å². The summed E-state index contributed by atoms with van der Waals surface area (Å²) in [5.41, 5.74) is 1.66. The molecule has 0 unspecified atom stereocenters. The lowest BCUT2D eigenvalue weighted by molar-refractivity contribution is 0.0631. The highest BCUT2D eigenvalue weighted by atomic mass is 79.9. The van der Waals surface area contributed by atoms with Crippen molar-refractivity contribution in [2.75, 3.05) is 32.7 Å². The molecule has 1 aromatic carbocycles. The summed E-state index contributed by atoms with van der Waals surface area (Å²) in [6.45, 7) is 4.16. The lowest BCUT2D eigenvalue weighted by atomic mass is 10.1. The number of amides is 1. The zero-order valence-electron chi connectivity index (χ0n) is 13.6. The Labute approximate surface area is 155 Å². The van der Waals surface area contributed by atoms with E-state index in [4.69, 9.17) is 11.6 Å². The number of rotatable bonds is 4. The minimum absolute atomic E-state index is 0.00627. The quantitative estimate of drug-likeness (QED) is 0.777. The molecule has 0 atom stereocenters. The smallest absolute Gasteiger partial charge is 0.275 e. The van der Waals surface area contributed by atoms with Gasteiger partial charge in [-0.3, -0.25) is 14.4 Å². The molecule has 0 N–H and O–H groups in total. The van der Waals surface area contributed by atoms with Crippen LogP contribution in [-0.4, -0.2) is 58.2 Å². The number of piperazine rings is 1. The van der Waals surface area contributed by atoms with Crippen molar-refractivity contribution in [2.45, 2.75) is 6.42 Å². The van der Waals surface area contributed by atoms with Crippen LogP contribution in [-0.2, 0) is 13.5 Å². The maximum atomic E-state index is 12.5. The Morgan fingerprint density at radius 3 is 2.58 bits per heavy atom. The van der Waals surface area contributed by atoms with E-state index >= 15 is 0 Å². The van der Waals surface area contributed by atoms with Crippen LogP contribution in [0.25, 0.3) is 0 Å². The second kappa shape index (κ2) is 7.68. The van der Waals surface area contributed by atoms with Crippen molar-refractivity contribution in [1.82, 2.24) is 19.6 Å². The van der Waals surface area contributed by atoms with Crippen molar-refractivity contribution >= 4 is 33.4 Å². The Bertz CT molecular complexity index is 725. The average Bonchev–Trinajstić information content (AvgIpc) is 2.92. The molecule has 3 rings (SSSR count). The number of aromatic nitrogens is 2. The molecule has 1 amide bonds. The molecule has 0 aliphatic carbocycles. The molecule has 1 aliphatic heterocycles. The van der Waals surface area contributed by atoms with E-state index in [0.717, 1.165) is 48.6 Å². The van der Waals surface area contributed by atoms with Gasteiger partial charge in [-0.05, 0) is 34.0 Å². The third-order valence-electron chi connectivity index (χ3n) is 4.30. The van der Waals surface area contributed by atoms with Crippen molar-refractivity contribution < 1.29 is 4.79 Å². The summed E-state index contributed by atoms with van der Waals surface area (Å²) in [5.74, 6) is -0.00627. The largest absolute Gasteiger partial charge is 0.335 e. The van der Waals surface area contributed by atoms with Crippen LogP contribution in [0.3, 0.4) is 0 Å². The number of halogens is 2. The summed E-state index contributed by atoms with van der Waals surface area (Å²) in [6.07, 6.45) is 2.73. The van der Waals surface area contributed by atoms with Gasteiger partial charge in [-0.2, -0.15) is 5.10 Å². The summed E-state index contributed by atoms with van der Waals surface area (Å²) >= 11 is 9.61. The topological polar surface area (TPSA) is 41.4 Å².